The molecule has 0 saturated heterocycles. The first kappa shape index (κ1) is 18.2. The molecule has 0 bridgehead atoms. The molecule has 0 spiro atoms. The minimum absolute atomic E-state index is 0.318. The van der Waals surface area contributed by atoms with E-state index in [1.54, 1.807) is 25.1 Å². The number of carbonyl (C=O) groups excluding carboxylic acids is 1. The molecule has 0 saturated carbocycles. The highest BCUT2D eigenvalue weighted by Crippen LogP contribution is 2.28. The normalized spacial score (nSPS) is 12.4. The molecule has 0 aliphatic rings. The van der Waals surface area contributed by atoms with Crippen molar-refractivity contribution < 1.29 is 9.53 Å². The number of rotatable bonds is 6. The number of amides is 1. The van der Waals surface area contributed by atoms with Crippen LogP contribution in [0.2, 0.25) is 10.0 Å². The third kappa shape index (κ3) is 5.48. The van der Waals surface area contributed by atoms with Gasteiger partial charge in [-0.1, -0.05) is 53.5 Å². The van der Waals surface area contributed by atoms with Crippen LogP contribution < -0.4 is 15.6 Å². The van der Waals surface area contributed by atoms with E-state index in [4.69, 9.17) is 27.9 Å². The molecule has 2 aromatic rings. The van der Waals surface area contributed by atoms with Crippen molar-refractivity contribution in [1.82, 2.24) is 10.9 Å². The molecule has 0 heterocycles. The lowest BCUT2D eigenvalue weighted by Gasteiger charge is -2.16. The maximum atomic E-state index is 12.1. The molecule has 2 rings (SSSR count). The topological polar surface area (TPSA) is 50.4 Å². The summed E-state index contributed by atoms with van der Waals surface area (Å²) in [5.74, 6) is 0.0853. The van der Waals surface area contributed by atoms with Crippen LogP contribution in [0.5, 0.6) is 5.75 Å². The van der Waals surface area contributed by atoms with E-state index in [1.165, 1.54) is 0 Å². The van der Waals surface area contributed by atoms with Crippen molar-refractivity contribution in [1.29, 1.82) is 0 Å². The van der Waals surface area contributed by atoms with E-state index >= 15 is 0 Å². The van der Waals surface area contributed by atoms with Crippen molar-refractivity contribution in [2.45, 2.75) is 20.0 Å². The van der Waals surface area contributed by atoms with Gasteiger partial charge in [-0.3, -0.25) is 10.2 Å². The SMILES string of the molecule is C/C(=C\c1ccccc1)NNC(=O)[C@H](C)Oc1ccc(Cl)cc1Cl. The van der Waals surface area contributed by atoms with Gasteiger partial charge < -0.3 is 10.2 Å². The minimum Gasteiger partial charge on any atom is -0.479 e. The van der Waals surface area contributed by atoms with Crippen LogP contribution in [0.1, 0.15) is 19.4 Å². The Bertz CT molecular complexity index is 733. The summed E-state index contributed by atoms with van der Waals surface area (Å²) in [5.41, 5.74) is 7.28. The van der Waals surface area contributed by atoms with Gasteiger partial charge in [-0.2, -0.15) is 0 Å². The molecule has 0 radical (unpaired) electrons. The Labute approximate surface area is 151 Å². The van der Waals surface area contributed by atoms with E-state index < -0.39 is 6.10 Å². The van der Waals surface area contributed by atoms with Gasteiger partial charge in [0, 0.05) is 10.7 Å². The standard InChI is InChI=1S/C18H18Cl2N2O2/c1-12(10-14-6-4-3-5-7-14)21-22-18(23)13(2)24-17-9-8-15(19)11-16(17)20/h3-11,13,21H,1-2H3,(H,22,23)/b12-10+/t13-/m0/s1. The summed E-state index contributed by atoms with van der Waals surface area (Å²) >= 11 is 11.9. The fourth-order valence-corrected chi connectivity index (χ4v) is 2.36. The van der Waals surface area contributed by atoms with E-state index in [0.29, 0.717) is 15.8 Å². The Morgan fingerprint density at radius 1 is 1.12 bits per heavy atom. The number of hydrogen-bond donors (Lipinski definition) is 2. The lowest BCUT2D eigenvalue weighted by Crippen LogP contribution is -2.43. The Morgan fingerprint density at radius 3 is 2.50 bits per heavy atom. The summed E-state index contributed by atoms with van der Waals surface area (Å²) in [7, 11) is 0. The van der Waals surface area contributed by atoms with Crippen molar-refractivity contribution in [3.8, 4) is 5.75 Å². The molecule has 0 aromatic heterocycles. The number of carbonyl (C=O) groups is 1. The second-order valence-electron chi connectivity index (χ2n) is 5.19. The summed E-state index contributed by atoms with van der Waals surface area (Å²) in [6.45, 7) is 3.49. The molecule has 0 aliphatic carbocycles. The first-order valence-electron chi connectivity index (χ1n) is 7.36. The third-order valence-corrected chi connectivity index (χ3v) is 3.66. The highest BCUT2D eigenvalue weighted by Gasteiger charge is 2.16. The number of allylic oxidation sites excluding steroid dienone is 1. The van der Waals surface area contributed by atoms with Crippen LogP contribution in [0, 0.1) is 0 Å². The maximum absolute atomic E-state index is 12.1. The molecular formula is C18H18Cl2N2O2. The van der Waals surface area contributed by atoms with Gasteiger partial charge in [0.1, 0.15) is 5.75 Å². The summed E-state index contributed by atoms with van der Waals surface area (Å²) in [6.07, 6.45) is 1.20. The summed E-state index contributed by atoms with van der Waals surface area (Å²) in [5, 5.41) is 0.864. The Balaban J connectivity index is 1.88. The lowest BCUT2D eigenvalue weighted by molar-refractivity contribution is -0.128. The highest BCUT2D eigenvalue weighted by molar-refractivity contribution is 6.35. The van der Waals surface area contributed by atoms with Gasteiger partial charge in [0.25, 0.3) is 5.91 Å². The van der Waals surface area contributed by atoms with E-state index in [1.807, 2.05) is 43.3 Å². The zero-order valence-electron chi connectivity index (χ0n) is 13.3. The van der Waals surface area contributed by atoms with E-state index in [0.717, 1.165) is 11.3 Å². The molecular weight excluding hydrogens is 347 g/mol. The number of benzene rings is 2. The van der Waals surface area contributed by atoms with Crippen LogP contribution in [0.25, 0.3) is 6.08 Å². The number of nitrogens with one attached hydrogen (secondary N) is 2. The first-order valence-corrected chi connectivity index (χ1v) is 8.12. The van der Waals surface area contributed by atoms with Gasteiger partial charge in [-0.05, 0) is 43.7 Å². The average Bonchev–Trinajstić information content (AvgIpc) is 2.56. The molecule has 6 heteroatoms. The fourth-order valence-electron chi connectivity index (χ4n) is 1.91. The third-order valence-electron chi connectivity index (χ3n) is 3.13. The summed E-state index contributed by atoms with van der Waals surface area (Å²) in [4.78, 5) is 12.1. The van der Waals surface area contributed by atoms with Crippen LogP contribution in [-0.4, -0.2) is 12.0 Å². The van der Waals surface area contributed by atoms with Crippen molar-refractivity contribution in [3.63, 3.8) is 0 Å². The molecule has 0 fully saturated rings. The van der Waals surface area contributed by atoms with Gasteiger partial charge in [0.15, 0.2) is 6.10 Å². The van der Waals surface area contributed by atoms with Crippen molar-refractivity contribution >= 4 is 35.2 Å². The summed E-state index contributed by atoms with van der Waals surface area (Å²) in [6, 6.07) is 14.6. The number of hydrogen-bond acceptors (Lipinski definition) is 3. The second kappa shape index (κ2) is 8.62. The molecule has 24 heavy (non-hydrogen) atoms. The van der Waals surface area contributed by atoms with Gasteiger partial charge in [0.2, 0.25) is 0 Å². The molecule has 1 atom stereocenters. The van der Waals surface area contributed by atoms with Gasteiger partial charge in [-0.25, -0.2) is 0 Å². The molecule has 0 aliphatic heterocycles. The molecule has 4 nitrogen and oxygen atoms in total. The zero-order chi connectivity index (χ0) is 17.5. The van der Waals surface area contributed by atoms with Crippen molar-refractivity contribution in [3.05, 3.63) is 69.8 Å². The van der Waals surface area contributed by atoms with Crippen LogP contribution >= 0.6 is 23.2 Å². The Hall–Kier alpha value is -2.17. The Kier molecular flexibility index (Phi) is 6.53. The van der Waals surface area contributed by atoms with Crippen LogP contribution in [-0.2, 0) is 4.79 Å². The van der Waals surface area contributed by atoms with Crippen molar-refractivity contribution in [2.24, 2.45) is 0 Å². The predicted octanol–water partition coefficient (Wildman–Crippen LogP) is 4.44. The second-order valence-corrected chi connectivity index (χ2v) is 6.03. The van der Waals surface area contributed by atoms with Crippen LogP contribution in [0.4, 0.5) is 0 Å². The molecule has 126 valence electrons. The fraction of sp³-hybridized carbons (Fsp3) is 0.167. The smallest absolute Gasteiger partial charge is 0.279 e. The van der Waals surface area contributed by atoms with E-state index in [9.17, 15) is 4.79 Å². The average molecular weight is 365 g/mol. The van der Waals surface area contributed by atoms with Crippen molar-refractivity contribution in [2.75, 3.05) is 0 Å². The Morgan fingerprint density at radius 2 is 1.83 bits per heavy atom. The molecule has 1 amide bonds. The highest BCUT2D eigenvalue weighted by atomic mass is 35.5. The maximum Gasteiger partial charge on any atom is 0.279 e. The number of halogens is 2. The van der Waals surface area contributed by atoms with Gasteiger partial charge in [0.05, 0.1) is 5.02 Å². The van der Waals surface area contributed by atoms with E-state index in [-0.39, 0.29) is 5.91 Å². The first-order chi connectivity index (χ1) is 11.5. The zero-order valence-corrected chi connectivity index (χ0v) is 14.9. The monoisotopic (exact) mass is 364 g/mol. The predicted molar refractivity (Wildman–Crippen MR) is 97.9 cm³/mol. The van der Waals surface area contributed by atoms with Gasteiger partial charge >= 0.3 is 0 Å². The lowest BCUT2D eigenvalue weighted by atomic mass is 10.2. The minimum atomic E-state index is -0.722. The number of hydrazine groups is 1. The number of ether oxygens (including phenoxy) is 1. The van der Waals surface area contributed by atoms with E-state index in [2.05, 4.69) is 10.9 Å². The van der Waals surface area contributed by atoms with Crippen LogP contribution in [0.15, 0.2) is 54.2 Å². The summed E-state index contributed by atoms with van der Waals surface area (Å²) < 4.78 is 5.55. The largest absolute Gasteiger partial charge is 0.479 e. The van der Waals surface area contributed by atoms with Crippen LogP contribution in [0.3, 0.4) is 0 Å². The molecule has 2 N–H and O–H groups in total. The quantitative estimate of drug-likeness (QED) is 0.744. The van der Waals surface area contributed by atoms with Gasteiger partial charge in [-0.15, -0.1) is 0 Å². The molecule has 0 unspecified atom stereocenters. The molecule has 2 aromatic carbocycles.